The van der Waals surface area contributed by atoms with Crippen molar-refractivity contribution in [2.45, 2.75) is 25.9 Å². The van der Waals surface area contributed by atoms with Gasteiger partial charge in [-0.05, 0) is 29.7 Å². The van der Waals surface area contributed by atoms with Gasteiger partial charge in [-0.2, -0.15) is 0 Å². The van der Waals surface area contributed by atoms with Gasteiger partial charge in [0, 0.05) is 6.42 Å². The monoisotopic (exact) mass is 300 g/mol. The third kappa shape index (κ3) is 5.48. The molecule has 0 atom stereocenters. The maximum Gasteiger partial charge on any atom is 0.313 e. The minimum absolute atomic E-state index is 0.164. The molecule has 2 aromatic rings. The first-order chi connectivity index (χ1) is 10.6. The van der Waals surface area contributed by atoms with Crippen LogP contribution < -0.4 is 0 Å². The van der Waals surface area contributed by atoms with Crippen molar-refractivity contribution in [3.63, 3.8) is 0 Å². The summed E-state index contributed by atoms with van der Waals surface area (Å²) in [7, 11) is 0. The molecule has 2 aromatic carbocycles. The van der Waals surface area contributed by atoms with E-state index in [4.69, 9.17) is 4.74 Å². The molecule has 0 heterocycles. The second kappa shape index (κ2) is 8.08. The Balaban J connectivity index is 1.71. The Labute approximate surface area is 128 Å². The van der Waals surface area contributed by atoms with Gasteiger partial charge in [-0.3, -0.25) is 9.59 Å². The van der Waals surface area contributed by atoms with E-state index in [1.54, 1.807) is 12.1 Å². The van der Waals surface area contributed by atoms with Crippen LogP contribution in [0, 0.1) is 5.82 Å². The number of carbonyl (C=O) groups is 2. The number of esters is 1. The van der Waals surface area contributed by atoms with Gasteiger partial charge in [0.05, 0.1) is 0 Å². The van der Waals surface area contributed by atoms with E-state index in [0.717, 1.165) is 11.1 Å². The summed E-state index contributed by atoms with van der Waals surface area (Å²) in [6.45, 7) is 0.164. The molecule has 0 aliphatic rings. The highest BCUT2D eigenvalue weighted by Crippen LogP contribution is 2.08. The molecule has 22 heavy (non-hydrogen) atoms. The molecule has 0 unspecified atom stereocenters. The molecular weight excluding hydrogens is 283 g/mol. The number of Topliss-reactive ketones (excluding diaryl/α,β-unsaturated/α-hetero) is 1. The number of ketones is 1. The predicted molar refractivity (Wildman–Crippen MR) is 80.6 cm³/mol. The van der Waals surface area contributed by atoms with E-state index in [1.165, 1.54) is 12.1 Å². The van der Waals surface area contributed by atoms with Gasteiger partial charge in [0.2, 0.25) is 0 Å². The van der Waals surface area contributed by atoms with E-state index in [0.29, 0.717) is 6.42 Å². The molecule has 3 nitrogen and oxygen atoms in total. The minimum Gasteiger partial charge on any atom is -0.460 e. The summed E-state index contributed by atoms with van der Waals surface area (Å²) in [4.78, 5) is 23.3. The summed E-state index contributed by atoms with van der Waals surface area (Å²) in [5.41, 5.74) is 1.62. The molecule has 0 N–H and O–H groups in total. The highest BCUT2D eigenvalue weighted by molar-refractivity contribution is 5.95. The number of hydrogen-bond acceptors (Lipinski definition) is 3. The van der Waals surface area contributed by atoms with E-state index in [-0.39, 0.29) is 31.0 Å². The molecule has 0 aliphatic heterocycles. The molecule has 114 valence electrons. The number of aryl methyl sites for hydroxylation is 1. The first-order valence-corrected chi connectivity index (χ1v) is 7.09. The second-order valence-corrected chi connectivity index (χ2v) is 4.99. The number of benzene rings is 2. The Morgan fingerprint density at radius 2 is 1.68 bits per heavy atom. The van der Waals surface area contributed by atoms with E-state index in [2.05, 4.69) is 0 Å². The molecule has 0 saturated heterocycles. The van der Waals surface area contributed by atoms with E-state index in [9.17, 15) is 14.0 Å². The molecule has 0 spiro atoms. The summed E-state index contributed by atoms with van der Waals surface area (Å²) < 4.78 is 18.1. The quantitative estimate of drug-likeness (QED) is 0.581. The van der Waals surface area contributed by atoms with Crippen molar-refractivity contribution >= 4 is 11.8 Å². The largest absolute Gasteiger partial charge is 0.460 e. The summed E-state index contributed by atoms with van der Waals surface area (Å²) >= 11 is 0. The SMILES string of the molecule is O=C(CCc1cccc(F)c1)CC(=O)OCc1ccccc1. The van der Waals surface area contributed by atoms with Crippen LogP contribution in [0.1, 0.15) is 24.0 Å². The van der Waals surface area contributed by atoms with Crippen LogP contribution in [-0.2, 0) is 27.4 Å². The van der Waals surface area contributed by atoms with Crippen molar-refractivity contribution in [3.05, 3.63) is 71.5 Å². The molecule has 4 heteroatoms. The van der Waals surface area contributed by atoms with Crippen molar-refractivity contribution in [1.29, 1.82) is 0 Å². The van der Waals surface area contributed by atoms with Gasteiger partial charge < -0.3 is 4.74 Å². The summed E-state index contributed by atoms with van der Waals surface area (Å²) in [6, 6.07) is 15.4. The molecule has 0 amide bonds. The Kier molecular flexibility index (Phi) is 5.83. The average molecular weight is 300 g/mol. The second-order valence-electron chi connectivity index (χ2n) is 4.99. The van der Waals surface area contributed by atoms with Crippen LogP contribution in [-0.4, -0.2) is 11.8 Å². The Morgan fingerprint density at radius 1 is 0.955 bits per heavy atom. The minimum atomic E-state index is -0.534. The number of ether oxygens (including phenoxy) is 1. The zero-order chi connectivity index (χ0) is 15.8. The van der Waals surface area contributed by atoms with E-state index in [1.807, 2.05) is 30.3 Å². The number of carbonyl (C=O) groups excluding carboxylic acids is 2. The van der Waals surface area contributed by atoms with Crippen molar-refractivity contribution < 1.29 is 18.7 Å². The van der Waals surface area contributed by atoms with Gasteiger partial charge in [-0.15, -0.1) is 0 Å². The van der Waals surface area contributed by atoms with Gasteiger partial charge in [0.15, 0.2) is 0 Å². The lowest BCUT2D eigenvalue weighted by Crippen LogP contribution is -2.12. The van der Waals surface area contributed by atoms with E-state index >= 15 is 0 Å². The molecule has 2 rings (SSSR count). The molecule has 0 fully saturated rings. The van der Waals surface area contributed by atoms with Crippen LogP contribution in [0.5, 0.6) is 0 Å². The number of rotatable bonds is 7. The number of hydrogen-bond donors (Lipinski definition) is 0. The maximum atomic E-state index is 13.0. The highest BCUT2D eigenvalue weighted by Gasteiger charge is 2.11. The molecular formula is C18H17FO3. The fourth-order valence-electron chi connectivity index (χ4n) is 2.01. The lowest BCUT2D eigenvalue weighted by Gasteiger charge is -2.05. The summed E-state index contributed by atoms with van der Waals surface area (Å²) in [5.74, 6) is -1.07. The Morgan fingerprint density at radius 3 is 2.41 bits per heavy atom. The smallest absolute Gasteiger partial charge is 0.313 e. The fourth-order valence-corrected chi connectivity index (χ4v) is 2.01. The molecule has 0 aromatic heterocycles. The van der Waals surface area contributed by atoms with Crippen molar-refractivity contribution in [3.8, 4) is 0 Å². The van der Waals surface area contributed by atoms with Crippen LogP contribution in [0.25, 0.3) is 0 Å². The topological polar surface area (TPSA) is 43.4 Å². The third-order valence-electron chi connectivity index (χ3n) is 3.17. The van der Waals surface area contributed by atoms with Crippen molar-refractivity contribution in [2.75, 3.05) is 0 Å². The van der Waals surface area contributed by atoms with Gasteiger partial charge in [0.25, 0.3) is 0 Å². The summed E-state index contributed by atoms with van der Waals surface area (Å²) in [6.07, 6.45) is 0.370. The standard InChI is InChI=1S/C18H17FO3/c19-16-8-4-7-14(11-16)9-10-17(20)12-18(21)22-13-15-5-2-1-3-6-15/h1-8,11H,9-10,12-13H2. The Hall–Kier alpha value is -2.49. The zero-order valence-electron chi connectivity index (χ0n) is 12.1. The van der Waals surface area contributed by atoms with Gasteiger partial charge in [-0.1, -0.05) is 42.5 Å². The average Bonchev–Trinajstić information content (AvgIpc) is 2.52. The van der Waals surface area contributed by atoms with Crippen molar-refractivity contribution in [2.24, 2.45) is 0 Å². The van der Waals surface area contributed by atoms with Crippen LogP contribution in [0.4, 0.5) is 4.39 Å². The number of halogens is 1. The molecule has 0 saturated carbocycles. The predicted octanol–water partition coefficient (Wildman–Crippen LogP) is 3.46. The first-order valence-electron chi connectivity index (χ1n) is 7.09. The van der Waals surface area contributed by atoms with Crippen LogP contribution >= 0.6 is 0 Å². The summed E-state index contributed by atoms with van der Waals surface area (Å²) in [5, 5.41) is 0. The first kappa shape index (κ1) is 15.9. The highest BCUT2D eigenvalue weighted by atomic mass is 19.1. The van der Waals surface area contributed by atoms with Gasteiger partial charge in [-0.25, -0.2) is 4.39 Å². The molecule has 0 bridgehead atoms. The van der Waals surface area contributed by atoms with Gasteiger partial charge in [0.1, 0.15) is 24.6 Å². The van der Waals surface area contributed by atoms with Crippen LogP contribution in [0.2, 0.25) is 0 Å². The van der Waals surface area contributed by atoms with E-state index < -0.39 is 5.97 Å². The third-order valence-corrected chi connectivity index (χ3v) is 3.17. The van der Waals surface area contributed by atoms with Gasteiger partial charge >= 0.3 is 5.97 Å². The lowest BCUT2D eigenvalue weighted by molar-refractivity contribution is -0.147. The fraction of sp³-hybridized carbons (Fsp3) is 0.222. The normalized spacial score (nSPS) is 10.2. The molecule has 0 radical (unpaired) electrons. The van der Waals surface area contributed by atoms with Crippen LogP contribution in [0.3, 0.4) is 0 Å². The lowest BCUT2D eigenvalue weighted by atomic mass is 10.1. The zero-order valence-corrected chi connectivity index (χ0v) is 12.1. The molecule has 0 aliphatic carbocycles. The van der Waals surface area contributed by atoms with Crippen LogP contribution in [0.15, 0.2) is 54.6 Å². The Bertz CT molecular complexity index is 638. The maximum absolute atomic E-state index is 13.0. The van der Waals surface area contributed by atoms with Crippen molar-refractivity contribution in [1.82, 2.24) is 0 Å².